The fourth-order valence-electron chi connectivity index (χ4n) is 1.26. The van der Waals surface area contributed by atoms with Crippen LogP contribution in [0.2, 0.25) is 0 Å². The molecule has 1 fully saturated rings. The van der Waals surface area contributed by atoms with Gasteiger partial charge in [0.15, 0.2) is 0 Å². The van der Waals surface area contributed by atoms with Crippen LogP contribution in [0.15, 0.2) is 0 Å². The molecule has 0 radical (unpaired) electrons. The molecule has 0 bridgehead atoms. The SMILES string of the molecule is NC1(CCCCC(=O)O)COCO1. The fraction of sp³-hybridized carbons (Fsp3) is 0.875. The molecule has 0 aliphatic carbocycles. The minimum absolute atomic E-state index is 0.191. The standard InChI is InChI=1S/C8H15NO4/c9-8(5-12-6-13-8)4-2-1-3-7(10)11/h1-6,9H2,(H,10,11). The van der Waals surface area contributed by atoms with Gasteiger partial charge in [0.1, 0.15) is 12.5 Å². The summed E-state index contributed by atoms with van der Waals surface area (Å²) >= 11 is 0. The van der Waals surface area contributed by atoms with Gasteiger partial charge in [-0.25, -0.2) is 0 Å². The van der Waals surface area contributed by atoms with E-state index >= 15 is 0 Å². The summed E-state index contributed by atoms with van der Waals surface area (Å²) in [6, 6.07) is 0. The van der Waals surface area contributed by atoms with Crippen molar-refractivity contribution in [1.29, 1.82) is 0 Å². The number of carboxylic acids is 1. The number of rotatable bonds is 5. The number of ether oxygens (including phenoxy) is 2. The summed E-state index contributed by atoms with van der Waals surface area (Å²) in [7, 11) is 0. The molecule has 5 nitrogen and oxygen atoms in total. The van der Waals surface area contributed by atoms with E-state index in [2.05, 4.69) is 0 Å². The molecule has 1 saturated heterocycles. The molecular formula is C8H15NO4. The molecule has 1 unspecified atom stereocenters. The van der Waals surface area contributed by atoms with Crippen molar-refractivity contribution in [3.8, 4) is 0 Å². The molecule has 1 rings (SSSR count). The Kier molecular flexibility index (Phi) is 3.65. The second-order valence-electron chi connectivity index (χ2n) is 3.28. The Bertz CT molecular complexity index is 177. The van der Waals surface area contributed by atoms with E-state index in [1.165, 1.54) is 0 Å². The van der Waals surface area contributed by atoms with Gasteiger partial charge in [0, 0.05) is 6.42 Å². The third-order valence-corrected chi connectivity index (χ3v) is 2.02. The highest BCUT2D eigenvalue weighted by molar-refractivity contribution is 5.66. The fourth-order valence-corrected chi connectivity index (χ4v) is 1.26. The average molecular weight is 189 g/mol. The molecule has 76 valence electrons. The smallest absolute Gasteiger partial charge is 0.303 e. The maximum Gasteiger partial charge on any atom is 0.303 e. The summed E-state index contributed by atoms with van der Waals surface area (Å²) in [5, 5.41) is 8.38. The summed E-state index contributed by atoms with van der Waals surface area (Å²) < 4.78 is 10.1. The molecule has 0 amide bonds. The highest BCUT2D eigenvalue weighted by Crippen LogP contribution is 2.19. The predicted octanol–water partition coefficient (Wildman–Crippen LogP) is 0.291. The second kappa shape index (κ2) is 4.55. The normalized spacial score (nSPS) is 27.8. The number of carbonyl (C=O) groups is 1. The molecule has 1 atom stereocenters. The topological polar surface area (TPSA) is 81.8 Å². The van der Waals surface area contributed by atoms with Crippen LogP contribution in [0.4, 0.5) is 0 Å². The van der Waals surface area contributed by atoms with E-state index in [1.807, 2.05) is 0 Å². The number of unbranched alkanes of at least 4 members (excludes halogenated alkanes) is 1. The minimum Gasteiger partial charge on any atom is -0.481 e. The summed E-state index contributed by atoms with van der Waals surface area (Å²) in [5.74, 6) is -0.769. The molecule has 1 heterocycles. The molecule has 3 N–H and O–H groups in total. The van der Waals surface area contributed by atoms with E-state index in [0.717, 1.165) is 6.42 Å². The van der Waals surface area contributed by atoms with Gasteiger partial charge in [-0.3, -0.25) is 4.79 Å². The predicted molar refractivity (Wildman–Crippen MR) is 44.9 cm³/mol. The zero-order chi connectivity index (χ0) is 9.73. The third kappa shape index (κ3) is 3.71. The van der Waals surface area contributed by atoms with Gasteiger partial charge in [-0.15, -0.1) is 0 Å². The summed E-state index contributed by atoms with van der Waals surface area (Å²) in [6.07, 6.45) is 2.24. The number of hydrogen-bond donors (Lipinski definition) is 2. The first-order valence-corrected chi connectivity index (χ1v) is 4.35. The van der Waals surface area contributed by atoms with Crippen LogP contribution in [0.25, 0.3) is 0 Å². The van der Waals surface area contributed by atoms with Gasteiger partial charge in [0.25, 0.3) is 0 Å². The molecule has 13 heavy (non-hydrogen) atoms. The molecule has 1 aliphatic rings. The number of carboxylic acid groups (broad SMARTS) is 1. The highest BCUT2D eigenvalue weighted by Gasteiger charge is 2.30. The van der Waals surface area contributed by atoms with E-state index in [1.54, 1.807) is 0 Å². The van der Waals surface area contributed by atoms with E-state index in [0.29, 0.717) is 19.4 Å². The van der Waals surface area contributed by atoms with E-state index in [-0.39, 0.29) is 13.2 Å². The van der Waals surface area contributed by atoms with Crippen molar-refractivity contribution >= 4 is 5.97 Å². The first-order chi connectivity index (χ1) is 6.12. The van der Waals surface area contributed by atoms with E-state index < -0.39 is 11.7 Å². The quantitative estimate of drug-likeness (QED) is 0.607. The third-order valence-electron chi connectivity index (χ3n) is 2.02. The number of hydrogen-bond acceptors (Lipinski definition) is 4. The Morgan fingerprint density at radius 1 is 1.54 bits per heavy atom. The molecule has 5 heteroatoms. The summed E-state index contributed by atoms with van der Waals surface area (Å²) in [5.41, 5.74) is 5.10. The van der Waals surface area contributed by atoms with Crippen molar-refractivity contribution in [2.24, 2.45) is 5.73 Å². The van der Waals surface area contributed by atoms with Crippen molar-refractivity contribution in [3.05, 3.63) is 0 Å². The Balaban J connectivity index is 2.07. The van der Waals surface area contributed by atoms with Gasteiger partial charge < -0.3 is 20.3 Å². The lowest BCUT2D eigenvalue weighted by Crippen LogP contribution is -2.41. The second-order valence-corrected chi connectivity index (χ2v) is 3.28. The molecule has 0 saturated carbocycles. The van der Waals surface area contributed by atoms with Gasteiger partial charge in [-0.2, -0.15) is 0 Å². The zero-order valence-electron chi connectivity index (χ0n) is 7.49. The average Bonchev–Trinajstić information content (AvgIpc) is 2.47. The van der Waals surface area contributed by atoms with Crippen molar-refractivity contribution < 1.29 is 19.4 Å². The maximum absolute atomic E-state index is 10.2. The molecule has 0 spiro atoms. The Morgan fingerprint density at radius 3 is 2.85 bits per heavy atom. The van der Waals surface area contributed by atoms with Crippen molar-refractivity contribution in [2.75, 3.05) is 13.4 Å². The minimum atomic E-state index is -0.769. The summed E-state index contributed by atoms with van der Waals surface area (Å²) in [4.78, 5) is 10.2. The van der Waals surface area contributed by atoms with Crippen molar-refractivity contribution in [2.45, 2.75) is 31.4 Å². The van der Waals surface area contributed by atoms with Crippen LogP contribution in [0.5, 0.6) is 0 Å². The highest BCUT2D eigenvalue weighted by atomic mass is 16.7. The first-order valence-electron chi connectivity index (χ1n) is 4.35. The van der Waals surface area contributed by atoms with Gasteiger partial charge in [-0.1, -0.05) is 0 Å². The van der Waals surface area contributed by atoms with Crippen LogP contribution in [-0.2, 0) is 14.3 Å². The maximum atomic E-state index is 10.2. The lowest BCUT2D eigenvalue weighted by molar-refractivity contribution is -0.137. The summed E-state index contributed by atoms with van der Waals surface area (Å²) in [6.45, 7) is 0.648. The van der Waals surface area contributed by atoms with Crippen molar-refractivity contribution in [1.82, 2.24) is 0 Å². The first kappa shape index (κ1) is 10.4. The van der Waals surface area contributed by atoms with Crippen LogP contribution in [-0.4, -0.2) is 30.2 Å². The molecule has 1 aliphatic heterocycles. The van der Waals surface area contributed by atoms with E-state index in [9.17, 15) is 4.79 Å². The van der Waals surface area contributed by atoms with Gasteiger partial charge in [-0.05, 0) is 19.3 Å². The molecule has 0 aromatic heterocycles. The van der Waals surface area contributed by atoms with Gasteiger partial charge in [0.05, 0.1) is 6.61 Å². The molecule has 0 aromatic carbocycles. The lowest BCUT2D eigenvalue weighted by atomic mass is 10.1. The number of aliphatic carboxylic acids is 1. The largest absolute Gasteiger partial charge is 0.481 e. The van der Waals surface area contributed by atoms with Gasteiger partial charge >= 0.3 is 5.97 Å². The van der Waals surface area contributed by atoms with Gasteiger partial charge in [0.2, 0.25) is 0 Å². The Labute approximate surface area is 76.8 Å². The van der Waals surface area contributed by atoms with Crippen LogP contribution >= 0.6 is 0 Å². The Hall–Kier alpha value is -0.650. The van der Waals surface area contributed by atoms with Crippen LogP contribution in [0, 0.1) is 0 Å². The lowest BCUT2D eigenvalue weighted by Gasteiger charge is -2.20. The van der Waals surface area contributed by atoms with E-state index in [4.69, 9.17) is 20.3 Å². The monoisotopic (exact) mass is 189 g/mol. The molecular weight excluding hydrogens is 174 g/mol. The number of nitrogens with two attached hydrogens (primary N) is 1. The zero-order valence-corrected chi connectivity index (χ0v) is 7.49. The molecule has 0 aromatic rings. The van der Waals surface area contributed by atoms with Crippen LogP contribution in [0.3, 0.4) is 0 Å². The van der Waals surface area contributed by atoms with Crippen LogP contribution in [0.1, 0.15) is 25.7 Å². The van der Waals surface area contributed by atoms with Crippen LogP contribution < -0.4 is 5.73 Å². The van der Waals surface area contributed by atoms with Crippen molar-refractivity contribution in [3.63, 3.8) is 0 Å². The Morgan fingerprint density at radius 2 is 2.31 bits per heavy atom.